The molecule has 0 atom stereocenters. The number of carbonyl (C=O) groups excluding carboxylic acids is 1. The zero-order valence-electron chi connectivity index (χ0n) is 18.1. The number of anilines is 2. The number of hydrogen-bond acceptors (Lipinski definition) is 4. The molecule has 0 radical (unpaired) electrons. The van der Waals surface area contributed by atoms with Gasteiger partial charge in [-0.3, -0.25) is 4.79 Å². The first-order chi connectivity index (χ1) is 14.0. The van der Waals surface area contributed by atoms with Gasteiger partial charge in [-0.2, -0.15) is 0 Å². The third-order valence-electron chi connectivity index (χ3n) is 5.56. The van der Waals surface area contributed by atoms with Gasteiger partial charge in [-0.05, 0) is 60.8 Å². The van der Waals surface area contributed by atoms with Crippen molar-refractivity contribution in [1.29, 1.82) is 0 Å². The molecule has 0 bridgehead atoms. The summed E-state index contributed by atoms with van der Waals surface area (Å²) in [5.41, 5.74) is 4.49. The van der Waals surface area contributed by atoms with Crippen molar-refractivity contribution in [2.45, 2.75) is 33.6 Å². The first-order valence-corrected chi connectivity index (χ1v) is 10.6. The first kappa shape index (κ1) is 21.2. The van der Waals surface area contributed by atoms with Gasteiger partial charge in [0, 0.05) is 37.6 Å². The second-order valence-electron chi connectivity index (χ2n) is 7.98. The summed E-state index contributed by atoms with van der Waals surface area (Å²) in [6.45, 7) is 14.0. The van der Waals surface area contributed by atoms with Gasteiger partial charge in [0.25, 0.3) is 5.91 Å². The highest BCUT2D eigenvalue weighted by atomic mass is 16.5. The molecule has 1 aliphatic rings. The van der Waals surface area contributed by atoms with E-state index in [1.165, 1.54) is 16.8 Å². The van der Waals surface area contributed by atoms with Crippen LogP contribution in [-0.2, 0) is 4.79 Å². The summed E-state index contributed by atoms with van der Waals surface area (Å²) in [5, 5.41) is 2.94. The Morgan fingerprint density at radius 3 is 2.34 bits per heavy atom. The average Bonchev–Trinajstić information content (AvgIpc) is 2.73. The molecule has 1 heterocycles. The summed E-state index contributed by atoms with van der Waals surface area (Å²) in [5.74, 6) is 1.04. The van der Waals surface area contributed by atoms with Gasteiger partial charge in [-0.25, -0.2) is 0 Å². The van der Waals surface area contributed by atoms with Gasteiger partial charge in [0.15, 0.2) is 6.61 Å². The minimum atomic E-state index is -0.151. The summed E-state index contributed by atoms with van der Waals surface area (Å²) in [7, 11) is 0. The van der Waals surface area contributed by atoms with E-state index >= 15 is 0 Å². The van der Waals surface area contributed by atoms with Crippen molar-refractivity contribution >= 4 is 17.3 Å². The fourth-order valence-corrected chi connectivity index (χ4v) is 3.69. The number of amides is 1. The predicted molar refractivity (Wildman–Crippen MR) is 120 cm³/mol. The highest BCUT2D eigenvalue weighted by Crippen LogP contribution is 2.25. The molecule has 2 aromatic rings. The average molecular weight is 396 g/mol. The fraction of sp³-hybridized carbons (Fsp3) is 0.458. The van der Waals surface area contributed by atoms with Crippen LogP contribution in [0.2, 0.25) is 0 Å². The van der Waals surface area contributed by atoms with Crippen LogP contribution in [0.5, 0.6) is 5.75 Å². The molecule has 1 N–H and O–H groups in total. The largest absolute Gasteiger partial charge is 0.484 e. The lowest BCUT2D eigenvalue weighted by Crippen LogP contribution is -2.46. The quantitative estimate of drug-likeness (QED) is 0.760. The van der Waals surface area contributed by atoms with Crippen LogP contribution >= 0.6 is 0 Å². The maximum absolute atomic E-state index is 12.3. The number of hydrogen-bond donors (Lipinski definition) is 1. The van der Waals surface area contributed by atoms with E-state index in [1.54, 1.807) is 0 Å². The van der Waals surface area contributed by atoms with Gasteiger partial charge in [-0.15, -0.1) is 0 Å². The zero-order valence-corrected chi connectivity index (χ0v) is 18.1. The highest BCUT2D eigenvalue weighted by Gasteiger charge is 2.17. The van der Waals surface area contributed by atoms with Gasteiger partial charge in [0.05, 0.1) is 0 Å². The number of nitrogens with zero attached hydrogens (tertiary/aromatic N) is 2. The maximum Gasteiger partial charge on any atom is 0.262 e. The van der Waals surface area contributed by atoms with E-state index in [-0.39, 0.29) is 12.5 Å². The van der Waals surface area contributed by atoms with E-state index in [9.17, 15) is 4.79 Å². The van der Waals surface area contributed by atoms with Crippen LogP contribution in [0.15, 0.2) is 42.5 Å². The monoisotopic (exact) mass is 395 g/mol. The van der Waals surface area contributed by atoms with Crippen LogP contribution in [0.3, 0.4) is 0 Å². The van der Waals surface area contributed by atoms with E-state index in [1.807, 2.05) is 36.4 Å². The molecule has 1 fully saturated rings. The number of carbonyl (C=O) groups is 1. The molecule has 0 aromatic heterocycles. The minimum Gasteiger partial charge on any atom is -0.484 e. The Balaban J connectivity index is 1.52. The second-order valence-corrected chi connectivity index (χ2v) is 7.98. The van der Waals surface area contributed by atoms with Crippen LogP contribution in [0.25, 0.3) is 0 Å². The van der Waals surface area contributed by atoms with E-state index in [4.69, 9.17) is 4.74 Å². The summed E-state index contributed by atoms with van der Waals surface area (Å²) < 4.78 is 5.62. The van der Waals surface area contributed by atoms with E-state index < -0.39 is 0 Å². The lowest BCUT2D eigenvalue weighted by molar-refractivity contribution is -0.118. The Morgan fingerprint density at radius 1 is 1.07 bits per heavy atom. The molecule has 2 aromatic carbocycles. The van der Waals surface area contributed by atoms with Crippen molar-refractivity contribution in [3.05, 3.63) is 53.6 Å². The Bertz CT molecular complexity index is 809. The molecular formula is C24H33N3O2. The zero-order chi connectivity index (χ0) is 20.8. The van der Waals surface area contributed by atoms with Gasteiger partial charge in [0.2, 0.25) is 0 Å². The molecule has 1 amide bonds. The number of likely N-dealkylation sites (N-methyl/N-ethyl adjacent to an activating group) is 1. The van der Waals surface area contributed by atoms with Crippen LogP contribution in [-0.4, -0.2) is 50.1 Å². The maximum atomic E-state index is 12.3. The van der Waals surface area contributed by atoms with Crippen molar-refractivity contribution in [3.63, 3.8) is 0 Å². The fourth-order valence-electron chi connectivity index (χ4n) is 3.69. The van der Waals surface area contributed by atoms with E-state index in [0.717, 1.165) is 38.4 Å². The number of rotatable bonds is 7. The van der Waals surface area contributed by atoms with Crippen molar-refractivity contribution in [1.82, 2.24) is 4.90 Å². The first-order valence-electron chi connectivity index (χ1n) is 10.6. The Morgan fingerprint density at radius 2 is 1.76 bits per heavy atom. The number of benzene rings is 2. The van der Waals surface area contributed by atoms with Crippen LogP contribution in [0, 0.1) is 6.92 Å². The molecule has 0 saturated carbocycles. The van der Waals surface area contributed by atoms with Gasteiger partial charge in [0.1, 0.15) is 5.75 Å². The molecule has 1 aliphatic heterocycles. The molecule has 156 valence electrons. The normalized spacial score (nSPS) is 14.9. The summed E-state index contributed by atoms with van der Waals surface area (Å²) in [6.07, 6.45) is 0. The Kier molecular flexibility index (Phi) is 7.15. The van der Waals surface area contributed by atoms with E-state index in [2.05, 4.69) is 48.9 Å². The Hall–Kier alpha value is -2.53. The van der Waals surface area contributed by atoms with E-state index in [0.29, 0.717) is 11.7 Å². The number of nitrogens with one attached hydrogen (secondary N) is 1. The lowest BCUT2D eigenvalue weighted by Gasteiger charge is -2.36. The van der Waals surface area contributed by atoms with Crippen LogP contribution in [0.1, 0.15) is 37.8 Å². The SMILES string of the molecule is CCN1CCN(c2ccc(NC(=O)COc3ccc(C(C)C)cc3)cc2C)CC1. The molecule has 5 nitrogen and oxygen atoms in total. The van der Waals surface area contributed by atoms with Crippen molar-refractivity contribution in [2.24, 2.45) is 0 Å². The smallest absolute Gasteiger partial charge is 0.262 e. The molecule has 0 unspecified atom stereocenters. The number of ether oxygens (including phenoxy) is 1. The molecule has 1 saturated heterocycles. The molecular weight excluding hydrogens is 362 g/mol. The van der Waals surface area contributed by atoms with Gasteiger partial charge >= 0.3 is 0 Å². The summed E-state index contributed by atoms with van der Waals surface area (Å²) in [4.78, 5) is 17.2. The van der Waals surface area contributed by atoms with Crippen LogP contribution < -0.4 is 15.0 Å². The number of aryl methyl sites for hydroxylation is 1. The lowest BCUT2D eigenvalue weighted by atomic mass is 10.0. The molecule has 0 spiro atoms. The van der Waals surface area contributed by atoms with Gasteiger partial charge in [-0.1, -0.05) is 32.9 Å². The third kappa shape index (κ3) is 5.73. The van der Waals surface area contributed by atoms with Crippen molar-refractivity contribution in [3.8, 4) is 5.75 Å². The summed E-state index contributed by atoms with van der Waals surface area (Å²) in [6, 6.07) is 14.0. The standard InChI is InChI=1S/C24H33N3O2/c1-5-26-12-14-27(15-13-26)23-11-8-21(16-19(23)4)25-24(28)17-29-22-9-6-20(7-10-22)18(2)3/h6-11,16,18H,5,12-15,17H2,1-4H3,(H,25,28). The molecule has 3 rings (SSSR count). The number of piperazine rings is 1. The molecule has 5 heteroatoms. The minimum absolute atomic E-state index is 0.000795. The summed E-state index contributed by atoms with van der Waals surface area (Å²) >= 11 is 0. The predicted octanol–water partition coefficient (Wildman–Crippen LogP) is 4.28. The highest BCUT2D eigenvalue weighted by molar-refractivity contribution is 5.92. The van der Waals surface area contributed by atoms with Crippen LogP contribution in [0.4, 0.5) is 11.4 Å². The molecule has 29 heavy (non-hydrogen) atoms. The molecule has 0 aliphatic carbocycles. The second kappa shape index (κ2) is 9.79. The van der Waals surface area contributed by atoms with Crippen molar-refractivity contribution in [2.75, 3.05) is 49.5 Å². The van der Waals surface area contributed by atoms with Gasteiger partial charge < -0.3 is 19.9 Å². The Labute approximate surface area is 174 Å². The topological polar surface area (TPSA) is 44.8 Å². The van der Waals surface area contributed by atoms with Crippen molar-refractivity contribution < 1.29 is 9.53 Å². The third-order valence-corrected chi connectivity index (χ3v) is 5.56.